The van der Waals surface area contributed by atoms with E-state index in [2.05, 4.69) is 5.32 Å². The predicted octanol–water partition coefficient (Wildman–Crippen LogP) is 4.17. The van der Waals surface area contributed by atoms with Crippen molar-refractivity contribution in [3.05, 3.63) is 29.8 Å². The Bertz CT molecular complexity index is 754. The van der Waals surface area contributed by atoms with Crippen molar-refractivity contribution in [2.24, 2.45) is 0 Å². The quantitative estimate of drug-likeness (QED) is 0.812. The summed E-state index contributed by atoms with van der Waals surface area (Å²) >= 11 is 0. The van der Waals surface area contributed by atoms with Gasteiger partial charge in [0, 0.05) is 5.54 Å². The van der Waals surface area contributed by atoms with Crippen LogP contribution in [0, 0.1) is 0 Å². The van der Waals surface area contributed by atoms with Gasteiger partial charge in [-0.3, -0.25) is 0 Å². The molecule has 1 unspecified atom stereocenters. The molecule has 1 N–H and O–H groups in total. The fourth-order valence-electron chi connectivity index (χ4n) is 2.11. The van der Waals surface area contributed by atoms with E-state index in [9.17, 15) is 26.4 Å². The van der Waals surface area contributed by atoms with Gasteiger partial charge in [0.05, 0.1) is 16.2 Å². The number of carbonyl (C=O) groups excluding carboxylic acids is 1. The van der Waals surface area contributed by atoms with Crippen molar-refractivity contribution in [3.63, 3.8) is 0 Å². The van der Waals surface area contributed by atoms with Crippen LogP contribution in [0.25, 0.3) is 0 Å². The summed E-state index contributed by atoms with van der Waals surface area (Å²) in [5, 5.41) is 2.56. The third-order valence-electron chi connectivity index (χ3n) is 3.58. The topological polar surface area (TPSA) is 72.5 Å². The molecule has 0 aromatic heterocycles. The zero-order valence-corrected chi connectivity index (χ0v) is 16.2. The summed E-state index contributed by atoms with van der Waals surface area (Å²) in [6, 6.07) is 3.51. The average molecular weight is 395 g/mol. The lowest BCUT2D eigenvalue weighted by atomic mass is 10.1. The molecule has 26 heavy (non-hydrogen) atoms. The van der Waals surface area contributed by atoms with E-state index in [1.54, 1.807) is 27.7 Å². The SMILES string of the molecule is CCC(C)(CS(=O)(=O)c1cccc(C(F)(F)F)c1)OC(=O)NC(C)(C)C. The van der Waals surface area contributed by atoms with Gasteiger partial charge in [0.1, 0.15) is 5.60 Å². The lowest BCUT2D eigenvalue weighted by Crippen LogP contribution is -2.47. The maximum Gasteiger partial charge on any atom is 0.416 e. The highest BCUT2D eigenvalue weighted by Gasteiger charge is 2.36. The molecular formula is C17H24F3NO4S. The average Bonchev–Trinajstić information content (AvgIpc) is 2.43. The van der Waals surface area contributed by atoms with E-state index in [0.29, 0.717) is 6.07 Å². The molecule has 148 valence electrons. The van der Waals surface area contributed by atoms with Crippen LogP contribution in [-0.4, -0.2) is 31.4 Å². The Morgan fingerprint density at radius 3 is 2.19 bits per heavy atom. The van der Waals surface area contributed by atoms with E-state index >= 15 is 0 Å². The summed E-state index contributed by atoms with van der Waals surface area (Å²) in [7, 11) is -4.11. The van der Waals surface area contributed by atoms with Crippen molar-refractivity contribution < 1.29 is 31.1 Å². The van der Waals surface area contributed by atoms with Gasteiger partial charge in [-0.05, 0) is 52.3 Å². The molecule has 5 nitrogen and oxygen atoms in total. The Morgan fingerprint density at radius 2 is 1.73 bits per heavy atom. The van der Waals surface area contributed by atoms with Gasteiger partial charge in [-0.15, -0.1) is 0 Å². The lowest BCUT2D eigenvalue weighted by Gasteiger charge is -2.30. The van der Waals surface area contributed by atoms with Crippen molar-refractivity contribution >= 4 is 15.9 Å². The molecular weight excluding hydrogens is 371 g/mol. The van der Waals surface area contributed by atoms with Crippen molar-refractivity contribution in [1.82, 2.24) is 5.32 Å². The van der Waals surface area contributed by atoms with E-state index in [1.165, 1.54) is 6.92 Å². The minimum absolute atomic E-state index is 0.169. The monoisotopic (exact) mass is 395 g/mol. The number of alkyl carbamates (subject to hydrolysis) is 1. The molecule has 1 aromatic rings. The van der Waals surface area contributed by atoms with Crippen molar-refractivity contribution in [2.75, 3.05) is 5.75 Å². The molecule has 0 aliphatic rings. The molecule has 1 rings (SSSR count). The van der Waals surface area contributed by atoms with E-state index in [4.69, 9.17) is 4.74 Å². The van der Waals surface area contributed by atoms with Crippen LogP contribution in [0.2, 0.25) is 0 Å². The number of amides is 1. The molecule has 0 fully saturated rings. The Labute approximate surface area is 151 Å². The summed E-state index contributed by atoms with van der Waals surface area (Å²) < 4.78 is 68.9. The van der Waals surface area contributed by atoms with Crippen LogP contribution in [-0.2, 0) is 20.8 Å². The Kier molecular flexibility index (Phi) is 6.39. The summed E-state index contributed by atoms with van der Waals surface area (Å²) in [6.45, 7) is 8.26. The number of hydrogen-bond donors (Lipinski definition) is 1. The predicted molar refractivity (Wildman–Crippen MR) is 91.6 cm³/mol. The second-order valence-corrected chi connectivity index (χ2v) is 9.34. The number of rotatable bonds is 5. The highest BCUT2D eigenvalue weighted by molar-refractivity contribution is 7.91. The first-order chi connectivity index (χ1) is 11.6. The van der Waals surface area contributed by atoms with Gasteiger partial charge >= 0.3 is 12.3 Å². The molecule has 0 bridgehead atoms. The van der Waals surface area contributed by atoms with Gasteiger partial charge in [0.25, 0.3) is 0 Å². The molecule has 0 heterocycles. The number of benzene rings is 1. The fraction of sp³-hybridized carbons (Fsp3) is 0.588. The fourth-order valence-corrected chi connectivity index (χ4v) is 3.94. The van der Waals surface area contributed by atoms with Crippen LogP contribution in [0.15, 0.2) is 29.2 Å². The van der Waals surface area contributed by atoms with Crippen molar-refractivity contribution in [2.45, 2.75) is 63.3 Å². The van der Waals surface area contributed by atoms with Crippen LogP contribution < -0.4 is 5.32 Å². The van der Waals surface area contributed by atoms with Crippen LogP contribution in [0.5, 0.6) is 0 Å². The first-order valence-electron chi connectivity index (χ1n) is 7.99. The summed E-state index contributed by atoms with van der Waals surface area (Å²) in [4.78, 5) is 11.5. The number of hydrogen-bond acceptors (Lipinski definition) is 4. The zero-order chi connectivity index (χ0) is 20.4. The molecule has 1 aromatic carbocycles. The number of ether oxygens (including phenoxy) is 1. The second kappa shape index (κ2) is 7.46. The maximum absolute atomic E-state index is 12.8. The van der Waals surface area contributed by atoms with E-state index in [0.717, 1.165) is 18.2 Å². The third kappa shape index (κ3) is 6.51. The molecule has 0 aliphatic heterocycles. The van der Waals surface area contributed by atoms with Gasteiger partial charge in [0.15, 0.2) is 9.84 Å². The van der Waals surface area contributed by atoms with E-state index in [1.807, 2.05) is 0 Å². The highest BCUT2D eigenvalue weighted by Crippen LogP contribution is 2.31. The molecule has 0 spiro atoms. The largest absolute Gasteiger partial charge is 0.442 e. The maximum atomic E-state index is 12.8. The van der Waals surface area contributed by atoms with E-state index in [-0.39, 0.29) is 6.42 Å². The summed E-state index contributed by atoms with van der Waals surface area (Å²) in [6.07, 6.45) is -5.27. The van der Waals surface area contributed by atoms with Gasteiger partial charge in [-0.1, -0.05) is 13.0 Å². The number of sulfone groups is 1. The smallest absolute Gasteiger partial charge is 0.416 e. The minimum atomic E-state index is -4.65. The molecule has 0 saturated carbocycles. The summed E-state index contributed by atoms with van der Waals surface area (Å²) in [5.74, 6) is -0.630. The van der Waals surface area contributed by atoms with Crippen LogP contribution in [0.4, 0.5) is 18.0 Å². The Balaban J connectivity index is 3.07. The van der Waals surface area contributed by atoms with Crippen LogP contribution >= 0.6 is 0 Å². The Morgan fingerprint density at radius 1 is 1.15 bits per heavy atom. The molecule has 0 radical (unpaired) electrons. The summed E-state index contributed by atoms with van der Waals surface area (Å²) in [5.41, 5.74) is -3.02. The lowest BCUT2D eigenvalue weighted by molar-refractivity contribution is -0.137. The van der Waals surface area contributed by atoms with Crippen LogP contribution in [0.1, 0.15) is 46.6 Å². The normalized spacial score (nSPS) is 15.2. The van der Waals surface area contributed by atoms with E-state index < -0.39 is 49.5 Å². The first-order valence-corrected chi connectivity index (χ1v) is 9.64. The standard InChI is InChI=1S/C17H24F3NO4S/c1-6-16(5,25-14(22)21-15(2,3)4)11-26(23,24)13-9-7-8-12(10-13)17(18,19)20/h7-10H,6,11H2,1-5H3,(H,21,22). The third-order valence-corrected chi connectivity index (χ3v) is 5.54. The number of nitrogens with one attached hydrogen (secondary N) is 1. The zero-order valence-electron chi connectivity index (χ0n) is 15.4. The molecule has 1 amide bonds. The van der Waals surface area contributed by atoms with Gasteiger partial charge in [-0.2, -0.15) is 13.2 Å². The van der Waals surface area contributed by atoms with Crippen molar-refractivity contribution in [3.8, 4) is 0 Å². The Hall–Kier alpha value is -1.77. The number of carbonyl (C=O) groups is 1. The van der Waals surface area contributed by atoms with Crippen LogP contribution in [0.3, 0.4) is 0 Å². The van der Waals surface area contributed by atoms with Gasteiger partial charge < -0.3 is 10.1 Å². The van der Waals surface area contributed by atoms with Gasteiger partial charge in [0.2, 0.25) is 0 Å². The first kappa shape index (κ1) is 22.3. The molecule has 1 atom stereocenters. The highest BCUT2D eigenvalue weighted by atomic mass is 32.2. The molecule has 0 aliphatic carbocycles. The molecule has 0 saturated heterocycles. The number of alkyl halides is 3. The number of halogens is 3. The second-order valence-electron chi connectivity index (χ2n) is 7.35. The van der Waals surface area contributed by atoms with Crippen molar-refractivity contribution in [1.29, 1.82) is 0 Å². The molecule has 9 heteroatoms. The van der Waals surface area contributed by atoms with Gasteiger partial charge in [-0.25, -0.2) is 13.2 Å². The minimum Gasteiger partial charge on any atom is -0.442 e.